The van der Waals surface area contributed by atoms with Crippen molar-refractivity contribution in [3.63, 3.8) is 0 Å². The van der Waals surface area contributed by atoms with Crippen LogP contribution in [0.5, 0.6) is 0 Å². The van der Waals surface area contributed by atoms with Gasteiger partial charge in [0.1, 0.15) is 0 Å². The summed E-state index contributed by atoms with van der Waals surface area (Å²) >= 11 is 3.08. The van der Waals surface area contributed by atoms with Crippen LogP contribution in [0.25, 0.3) is 0 Å². The van der Waals surface area contributed by atoms with Crippen LogP contribution in [0.1, 0.15) is 28.2 Å². The minimum Gasteiger partial charge on any atom is -0.376 e. The van der Waals surface area contributed by atoms with Crippen molar-refractivity contribution < 1.29 is 27.5 Å². The van der Waals surface area contributed by atoms with Crippen molar-refractivity contribution in [2.45, 2.75) is 18.6 Å². The summed E-state index contributed by atoms with van der Waals surface area (Å²) in [5.74, 6) is 0.0358. The van der Waals surface area contributed by atoms with Gasteiger partial charge in [0.2, 0.25) is 0 Å². The Morgan fingerprint density at radius 2 is 1.53 bits per heavy atom. The molecule has 4 nitrogen and oxygen atoms in total. The Morgan fingerprint density at radius 3 is 2.03 bits per heavy atom. The van der Waals surface area contributed by atoms with Crippen LogP contribution in [-0.2, 0) is 26.5 Å². The fourth-order valence-corrected chi connectivity index (χ4v) is 4.03. The molecule has 0 aliphatic rings. The van der Waals surface area contributed by atoms with Crippen LogP contribution in [0.3, 0.4) is 0 Å². The topological polar surface area (TPSA) is 55.8 Å². The number of hydrogen-bond acceptors (Lipinski definition) is 3. The maximum Gasteiger partial charge on any atom is 0.701 e. The molecular weight excluding hydrogens is 477 g/mol. The van der Waals surface area contributed by atoms with Crippen LogP contribution in [0.2, 0.25) is 0 Å². The normalized spacial score (nSPS) is 12.2. The fourth-order valence-electron chi connectivity index (χ4n) is 3.08. The van der Waals surface area contributed by atoms with Crippen LogP contribution in [-0.4, -0.2) is 11.5 Å². The summed E-state index contributed by atoms with van der Waals surface area (Å²) in [6.07, 6.45) is -3.88. The summed E-state index contributed by atoms with van der Waals surface area (Å²) in [6, 6.07) is 24.1. The second-order valence-electron chi connectivity index (χ2n) is 6.55. The number of hydrogen-bond donors (Lipinski definition) is 1. The van der Waals surface area contributed by atoms with Gasteiger partial charge < -0.3 is 4.74 Å². The highest BCUT2D eigenvalue weighted by Gasteiger charge is 2.44. The third-order valence-corrected chi connectivity index (χ3v) is 5.54. The molecule has 0 fully saturated rings. The SMILES string of the molecule is O=[P+](O)OC(F)(F)c1ccc(COCC(c2ccccc2)c2ccccc2)cc1Br. The molecule has 0 aliphatic heterocycles. The maximum atomic E-state index is 13.9. The van der Waals surface area contributed by atoms with E-state index in [1.807, 2.05) is 60.7 Å². The molecule has 0 amide bonds. The monoisotopic (exact) mass is 495 g/mol. The van der Waals surface area contributed by atoms with E-state index < -0.39 is 19.9 Å². The van der Waals surface area contributed by atoms with Gasteiger partial charge in [0, 0.05) is 15.0 Å². The van der Waals surface area contributed by atoms with Gasteiger partial charge in [-0.3, -0.25) is 0 Å². The van der Waals surface area contributed by atoms with E-state index >= 15 is 0 Å². The van der Waals surface area contributed by atoms with Crippen LogP contribution >= 0.6 is 24.2 Å². The van der Waals surface area contributed by atoms with Gasteiger partial charge >= 0.3 is 14.4 Å². The van der Waals surface area contributed by atoms with Gasteiger partial charge in [-0.1, -0.05) is 82.7 Å². The minimum absolute atomic E-state index is 0.0358. The molecule has 1 unspecified atom stereocenters. The molecule has 0 spiro atoms. The van der Waals surface area contributed by atoms with Gasteiger partial charge in [0.15, 0.2) is 0 Å². The van der Waals surface area contributed by atoms with Crippen LogP contribution in [0.4, 0.5) is 8.78 Å². The third-order valence-electron chi connectivity index (χ3n) is 4.50. The van der Waals surface area contributed by atoms with Gasteiger partial charge in [0.25, 0.3) is 0 Å². The lowest BCUT2D eigenvalue weighted by Crippen LogP contribution is -2.15. The third kappa shape index (κ3) is 6.00. The molecule has 0 saturated carbocycles. The van der Waals surface area contributed by atoms with Gasteiger partial charge in [-0.05, 0) is 33.3 Å². The lowest BCUT2D eigenvalue weighted by atomic mass is 9.92. The van der Waals surface area contributed by atoms with Crippen molar-refractivity contribution in [3.05, 3.63) is 106 Å². The van der Waals surface area contributed by atoms with E-state index in [0.717, 1.165) is 17.2 Å². The summed E-state index contributed by atoms with van der Waals surface area (Å²) in [5.41, 5.74) is 2.38. The molecule has 1 N–H and O–H groups in total. The predicted molar refractivity (Wildman–Crippen MR) is 113 cm³/mol. The van der Waals surface area contributed by atoms with Crippen molar-refractivity contribution in [2.75, 3.05) is 6.61 Å². The molecule has 8 heteroatoms. The van der Waals surface area contributed by atoms with E-state index in [1.54, 1.807) is 0 Å². The summed E-state index contributed by atoms with van der Waals surface area (Å²) < 4.78 is 48.2. The van der Waals surface area contributed by atoms with Crippen LogP contribution in [0, 0.1) is 0 Å². The lowest BCUT2D eigenvalue weighted by Gasteiger charge is -2.19. The first-order valence-corrected chi connectivity index (χ1v) is 11.0. The Labute approximate surface area is 182 Å². The maximum absolute atomic E-state index is 13.9. The Balaban J connectivity index is 1.70. The fraction of sp³-hybridized carbons (Fsp3) is 0.182. The van der Waals surface area contributed by atoms with E-state index in [9.17, 15) is 13.3 Å². The first-order chi connectivity index (χ1) is 14.4. The number of benzene rings is 3. The molecule has 3 rings (SSSR count). The quantitative estimate of drug-likeness (QED) is 0.343. The second kappa shape index (κ2) is 10.3. The first-order valence-electron chi connectivity index (χ1n) is 9.06. The molecule has 0 radical (unpaired) electrons. The van der Waals surface area contributed by atoms with Crippen molar-refractivity contribution >= 4 is 24.2 Å². The average molecular weight is 496 g/mol. The van der Waals surface area contributed by atoms with Gasteiger partial charge in [-0.15, -0.1) is 4.89 Å². The zero-order valence-electron chi connectivity index (χ0n) is 15.8. The second-order valence-corrected chi connectivity index (χ2v) is 8.06. The molecule has 3 aromatic rings. The summed E-state index contributed by atoms with van der Waals surface area (Å²) in [5, 5.41) is 0. The molecule has 0 heterocycles. The highest BCUT2D eigenvalue weighted by Crippen LogP contribution is 2.41. The van der Waals surface area contributed by atoms with E-state index in [-0.39, 0.29) is 17.0 Å². The van der Waals surface area contributed by atoms with Crippen LogP contribution < -0.4 is 0 Å². The Bertz CT molecular complexity index is 947. The Hall–Kier alpha value is -2.02. The molecule has 30 heavy (non-hydrogen) atoms. The molecule has 156 valence electrons. The highest BCUT2D eigenvalue weighted by molar-refractivity contribution is 9.10. The van der Waals surface area contributed by atoms with Crippen LogP contribution in [0.15, 0.2) is 83.3 Å². The first kappa shape index (κ1) is 22.7. The number of rotatable bonds is 9. The van der Waals surface area contributed by atoms with Gasteiger partial charge in [-0.25, -0.2) is 0 Å². The predicted octanol–water partition coefficient (Wildman–Crippen LogP) is 6.51. The smallest absolute Gasteiger partial charge is 0.376 e. The standard InChI is InChI=1S/C22H18BrF2O4P/c23-21-13-16(11-12-20(21)22(24,25)29-30(26)27)14-28-15-19(17-7-3-1-4-8-17)18-9-5-2-6-10-18/h1-13,19H,14-15H2/p+1. The molecule has 3 aromatic carbocycles. The summed E-state index contributed by atoms with van der Waals surface area (Å²) in [6.45, 7) is 0.632. The number of alkyl halides is 2. The van der Waals surface area contributed by atoms with Gasteiger partial charge in [0.05, 0.1) is 18.8 Å². The van der Waals surface area contributed by atoms with Crippen molar-refractivity contribution in [2.24, 2.45) is 0 Å². The van der Waals surface area contributed by atoms with E-state index in [2.05, 4.69) is 20.5 Å². The molecular formula is C22H19BrF2O4P+. The Kier molecular flexibility index (Phi) is 7.81. The largest absolute Gasteiger partial charge is 0.701 e. The average Bonchev–Trinajstić information content (AvgIpc) is 2.71. The molecule has 1 atom stereocenters. The Morgan fingerprint density at radius 1 is 0.967 bits per heavy atom. The van der Waals surface area contributed by atoms with Crippen molar-refractivity contribution in [1.82, 2.24) is 0 Å². The van der Waals surface area contributed by atoms with Gasteiger partial charge in [-0.2, -0.15) is 8.78 Å². The molecule has 0 aliphatic carbocycles. The summed E-state index contributed by atoms with van der Waals surface area (Å²) in [7, 11) is -3.44. The van der Waals surface area contributed by atoms with Crippen molar-refractivity contribution in [1.29, 1.82) is 0 Å². The molecule has 0 bridgehead atoms. The van der Waals surface area contributed by atoms with E-state index in [4.69, 9.17) is 9.63 Å². The lowest BCUT2D eigenvalue weighted by molar-refractivity contribution is -0.186. The zero-order chi connectivity index (χ0) is 21.6. The number of ether oxygens (including phenoxy) is 1. The summed E-state index contributed by atoms with van der Waals surface area (Å²) in [4.78, 5) is 8.62. The molecule has 0 aromatic heterocycles. The van der Waals surface area contributed by atoms with E-state index in [0.29, 0.717) is 12.2 Å². The van der Waals surface area contributed by atoms with Crippen molar-refractivity contribution in [3.8, 4) is 0 Å². The minimum atomic E-state index is -3.88. The highest BCUT2D eigenvalue weighted by atomic mass is 79.9. The molecule has 0 saturated heterocycles. The zero-order valence-corrected chi connectivity index (χ0v) is 18.2. The van der Waals surface area contributed by atoms with E-state index in [1.165, 1.54) is 12.1 Å². The number of halogens is 3.